The Morgan fingerprint density at radius 2 is 2.12 bits per heavy atom. The van der Waals surface area contributed by atoms with Crippen LogP contribution in [0.5, 0.6) is 5.75 Å². The summed E-state index contributed by atoms with van der Waals surface area (Å²) in [6.07, 6.45) is 4.86. The third-order valence-electron chi connectivity index (χ3n) is 3.24. The third kappa shape index (κ3) is 4.35. The summed E-state index contributed by atoms with van der Waals surface area (Å²) in [5, 5.41) is 3.46. The Kier molecular flexibility index (Phi) is 5.98. The van der Waals surface area contributed by atoms with Crippen LogP contribution in [0.15, 0.2) is 18.5 Å². The second-order valence-corrected chi connectivity index (χ2v) is 4.63. The smallest absolute Gasteiger partial charge is 0.137 e. The molecule has 96 valence electrons. The molecular formula is C14H24N2O. The molecule has 0 bridgehead atoms. The van der Waals surface area contributed by atoms with Crippen molar-refractivity contribution in [3.05, 3.63) is 24.0 Å². The van der Waals surface area contributed by atoms with Crippen molar-refractivity contribution in [1.82, 2.24) is 10.3 Å². The quantitative estimate of drug-likeness (QED) is 0.739. The Balaban J connectivity index is 2.57. The summed E-state index contributed by atoms with van der Waals surface area (Å²) >= 11 is 0. The van der Waals surface area contributed by atoms with E-state index < -0.39 is 0 Å². The van der Waals surface area contributed by atoms with E-state index in [4.69, 9.17) is 4.74 Å². The number of nitrogens with one attached hydrogen (secondary N) is 1. The van der Waals surface area contributed by atoms with Crippen LogP contribution in [0.1, 0.15) is 38.7 Å². The lowest BCUT2D eigenvalue weighted by Gasteiger charge is -2.20. The highest BCUT2D eigenvalue weighted by atomic mass is 16.5. The summed E-state index contributed by atoms with van der Waals surface area (Å²) in [4.78, 5) is 4.21. The molecule has 0 fully saturated rings. The molecule has 2 atom stereocenters. The van der Waals surface area contributed by atoms with E-state index in [9.17, 15) is 0 Å². The van der Waals surface area contributed by atoms with Gasteiger partial charge in [0.25, 0.3) is 0 Å². The lowest BCUT2D eigenvalue weighted by Crippen LogP contribution is -2.25. The van der Waals surface area contributed by atoms with Gasteiger partial charge in [-0.15, -0.1) is 0 Å². The molecule has 0 aromatic carbocycles. The van der Waals surface area contributed by atoms with Crippen LogP contribution in [-0.4, -0.2) is 25.2 Å². The second kappa shape index (κ2) is 7.28. The highest BCUT2D eigenvalue weighted by molar-refractivity contribution is 5.26. The van der Waals surface area contributed by atoms with E-state index in [0.29, 0.717) is 11.8 Å². The van der Waals surface area contributed by atoms with E-state index in [2.05, 4.69) is 37.1 Å². The number of ether oxygens (including phenoxy) is 1. The van der Waals surface area contributed by atoms with Gasteiger partial charge in [0.2, 0.25) is 0 Å². The van der Waals surface area contributed by atoms with Crippen LogP contribution in [0, 0.1) is 5.92 Å². The number of pyridine rings is 1. The zero-order valence-corrected chi connectivity index (χ0v) is 11.4. The average Bonchev–Trinajstić information content (AvgIpc) is 2.38. The molecule has 0 radical (unpaired) electrons. The first-order valence-corrected chi connectivity index (χ1v) is 6.38. The molecule has 2 unspecified atom stereocenters. The van der Waals surface area contributed by atoms with Crippen LogP contribution < -0.4 is 10.1 Å². The first kappa shape index (κ1) is 14.0. The van der Waals surface area contributed by atoms with Crippen molar-refractivity contribution in [3.63, 3.8) is 0 Å². The first-order valence-electron chi connectivity index (χ1n) is 6.38. The van der Waals surface area contributed by atoms with Gasteiger partial charge < -0.3 is 10.1 Å². The van der Waals surface area contributed by atoms with Gasteiger partial charge in [-0.05, 0) is 43.0 Å². The predicted octanol–water partition coefficient (Wildman–Crippen LogP) is 2.83. The van der Waals surface area contributed by atoms with Crippen LogP contribution in [0.25, 0.3) is 0 Å². The molecule has 1 N–H and O–H groups in total. The molecule has 0 aliphatic carbocycles. The van der Waals surface area contributed by atoms with Crippen LogP contribution in [0.3, 0.4) is 0 Å². The van der Waals surface area contributed by atoms with Crippen LogP contribution in [0.2, 0.25) is 0 Å². The normalized spacial score (nSPS) is 14.4. The van der Waals surface area contributed by atoms with Crippen molar-refractivity contribution in [1.29, 1.82) is 0 Å². The van der Waals surface area contributed by atoms with Crippen molar-refractivity contribution in [2.45, 2.75) is 33.1 Å². The maximum absolute atomic E-state index is 5.21. The minimum atomic E-state index is 0.488. The van der Waals surface area contributed by atoms with Gasteiger partial charge in [0.1, 0.15) is 5.75 Å². The van der Waals surface area contributed by atoms with Gasteiger partial charge in [-0.1, -0.05) is 20.8 Å². The van der Waals surface area contributed by atoms with Gasteiger partial charge in [0, 0.05) is 6.20 Å². The summed E-state index contributed by atoms with van der Waals surface area (Å²) in [6.45, 7) is 8.84. The molecule has 1 aromatic heterocycles. The number of rotatable bonds is 7. The van der Waals surface area contributed by atoms with E-state index in [-0.39, 0.29) is 0 Å². The summed E-state index contributed by atoms with van der Waals surface area (Å²) in [6, 6.07) is 2.08. The molecule has 0 aliphatic heterocycles. The van der Waals surface area contributed by atoms with E-state index in [1.807, 2.05) is 6.20 Å². The molecule has 1 aromatic rings. The molecule has 0 aliphatic rings. The summed E-state index contributed by atoms with van der Waals surface area (Å²) in [5.41, 5.74) is 1.25. The zero-order chi connectivity index (χ0) is 12.7. The molecule has 3 nitrogen and oxygen atoms in total. The highest BCUT2D eigenvalue weighted by Gasteiger charge is 2.14. The van der Waals surface area contributed by atoms with Crippen LogP contribution in [-0.2, 0) is 0 Å². The Hall–Kier alpha value is -1.09. The van der Waals surface area contributed by atoms with E-state index >= 15 is 0 Å². The van der Waals surface area contributed by atoms with E-state index in [1.54, 1.807) is 13.3 Å². The minimum Gasteiger partial charge on any atom is -0.495 e. The van der Waals surface area contributed by atoms with Gasteiger partial charge >= 0.3 is 0 Å². The largest absolute Gasteiger partial charge is 0.495 e. The van der Waals surface area contributed by atoms with E-state index in [1.165, 1.54) is 12.0 Å². The van der Waals surface area contributed by atoms with Crippen LogP contribution in [0.4, 0.5) is 0 Å². The topological polar surface area (TPSA) is 34.2 Å². The predicted molar refractivity (Wildman–Crippen MR) is 71.5 cm³/mol. The monoisotopic (exact) mass is 236 g/mol. The third-order valence-corrected chi connectivity index (χ3v) is 3.24. The maximum atomic E-state index is 5.21. The number of hydrogen-bond donors (Lipinski definition) is 1. The summed E-state index contributed by atoms with van der Waals surface area (Å²) < 4.78 is 5.21. The van der Waals surface area contributed by atoms with Crippen molar-refractivity contribution >= 4 is 0 Å². The maximum Gasteiger partial charge on any atom is 0.137 e. The second-order valence-electron chi connectivity index (χ2n) is 4.63. The zero-order valence-electron chi connectivity index (χ0n) is 11.4. The lowest BCUT2D eigenvalue weighted by molar-refractivity contribution is 0.408. The van der Waals surface area contributed by atoms with E-state index in [0.717, 1.165) is 18.8 Å². The Bertz CT molecular complexity index is 328. The van der Waals surface area contributed by atoms with Gasteiger partial charge in [-0.25, -0.2) is 0 Å². The lowest BCUT2D eigenvalue weighted by atomic mass is 9.90. The average molecular weight is 236 g/mol. The molecule has 0 amide bonds. The Morgan fingerprint density at radius 1 is 1.35 bits per heavy atom. The number of methoxy groups -OCH3 is 1. The van der Waals surface area contributed by atoms with Gasteiger partial charge in [-0.3, -0.25) is 4.98 Å². The van der Waals surface area contributed by atoms with Crippen molar-refractivity contribution < 1.29 is 4.74 Å². The first-order chi connectivity index (χ1) is 8.19. The van der Waals surface area contributed by atoms with Gasteiger partial charge in [0.15, 0.2) is 0 Å². The van der Waals surface area contributed by atoms with Crippen LogP contribution >= 0.6 is 0 Å². The molecular weight excluding hydrogens is 212 g/mol. The Labute approximate surface area is 105 Å². The fourth-order valence-electron chi connectivity index (χ4n) is 1.81. The van der Waals surface area contributed by atoms with Crippen molar-refractivity contribution in [3.8, 4) is 5.75 Å². The number of nitrogens with zero attached hydrogens (tertiary/aromatic N) is 1. The molecule has 17 heavy (non-hydrogen) atoms. The number of aromatic nitrogens is 1. The molecule has 1 heterocycles. The highest BCUT2D eigenvalue weighted by Crippen LogP contribution is 2.25. The van der Waals surface area contributed by atoms with Gasteiger partial charge in [0.05, 0.1) is 13.3 Å². The van der Waals surface area contributed by atoms with Crippen molar-refractivity contribution in [2.24, 2.45) is 5.92 Å². The summed E-state index contributed by atoms with van der Waals surface area (Å²) in [5.74, 6) is 1.92. The minimum absolute atomic E-state index is 0.488. The van der Waals surface area contributed by atoms with Gasteiger partial charge in [-0.2, -0.15) is 0 Å². The SMILES string of the molecule is CCCNCC(C)C(C)c1cncc(OC)c1. The molecule has 0 saturated heterocycles. The molecule has 1 rings (SSSR count). The fourth-order valence-corrected chi connectivity index (χ4v) is 1.81. The van der Waals surface area contributed by atoms with Crippen molar-refractivity contribution in [2.75, 3.05) is 20.2 Å². The molecule has 0 spiro atoms. The Morgan fingerprint density at radius 3 is 2.76 bits per heavy atom. The number of hydrogen-bond acceptors (Lipinski definition) is 3. The summed E-state index contributed by atoms with van der Waals surface area (Å²) in [7, 11) is 1.68. The fraction of sp³-hybridized carbons (Fsp3) is 0.643. The molecule has 3 heteroatoms. The standard InChI is InChI=1S/C14H24N2O/c1-5-6-15-8-11(2)12(3)13-7-14(17-4)10-16-9-13/h7,9-12,15H,5-6,8H2,1-4H3. The molecule has 0 saturated carbocycles.